The summed E-state index contributed by atoms with van der Waals surface area (Å²) < 4.78 is 5.82. The maximum absolute atomic E-state index is 10.2. The molecule has 1 aliphatic rings. The summed E-state index contributed by atoms with van der Waals surface area (Å²) in [5, 5.41) is 0.612. The number of carbonyl (C=O) groups is 1. The zero-order chi connectivity index (χ0) is 8.97. The van der Waals surface area contributed by atoms with E-state index in [4.69, 9.17) is 4.65 Å². The molecule has 0 aliphatic carbocycles. The third kappa shape index (κ3) is 3.66. The van der Waals surface area contributed by atoms with Crippen molar-refractivity contribution in [1.82, 2.24) is 0 Å². The highest BCUT2D eigenvalue weighted by molar-refractivity contribution is 14.1. The van der Waals surface area contributed by atoms with E-state index in [1.807, 2.05) is 11.6 Å². The van der Waals surface area contributed by atoms with Gasteiger partial charge in [0.15, 0.2) is 0 Å². The smallest absolute Gasteiger partial charge is 0.415 e. The highest BCUT2D eigenvalue weighted by Gasteiger charge is 2.28. The van der Waals surface area contributed by atoms with E-state index in [1.54, 1.807) is 0 Å². The summed E-state index contributed by atoms with van der Waals surface area (Å²) in [6.07, 6.45) is 4.13. The first-order chi connectivity index (χ1) is 5.72. The van der Waals surface area contributed by atoms with Crippen LogP contribution in [0.4, 0.5) is 0 Å². The number of carbonyl (C=O) groups excluding carboxylic acids is 1. The minimum Gasteiger partial charge on any atom is -0.415 e. The summed E-state index contributed by atoms with van der Waals surface area (Å²) in [4.78, 5) is 10.2. The van der Waals surface area contributed by atoms with E-state index in [2.05, 4.69) is 29.3 Å². The van der Waals surface area contributed by atoms with Gasteiger partial charge in [-0.05, 0) is 19.8 Å². The SMILES string of the molecule is CC1CC(CCC=O)SB(I)O1. The van der Waals surface area contributed by atoms with Crippen molar-refractivity contribution in [3.63, 3.8) is 0 Å². The number of rotatable bonds is 3. The normalized spacial score (nSPS) is 30.3. The van der Waals surface area contributed by atoms with Gasteiger partial charge in [0.25, 0.3) is 0 Å². The minimum absolute atomic E-state index is 0.267. The molecule has 1 fully saturated rings. The van der Waals surface area contributed by atoms with Crippen LogP contribution >= 0.6 is 34.0 Å². The van der Waals surface area contributed by atoms with Crippen LogP contribution in [0.2, 0.25) is 0 Å². The average Bonchev–Trinajstić information content (AvgIpc) is 1.99. The van der Waals surface area contributed by atoms with Crippen LogP contribution in [0.1, 0.15) is 26.2 Å². The van der Waals surface area contributed by atoms with Gasteiger partial charge < -0.3 is 9.45 Å². The Morgan fingerprint density at radius 3 is 3.17 bits per heavy atom. The van der Waals surface area contributed by atoms with E-state index < -0.39 is 0 Å². The molecule has 68 valence electrons. The van der Waals surface area contributed by atoms with Crippen molar-refractivity contribution in [3.8, 4) is 0 Å². The predicted octanol–water partition coefficient (Wildman–Crippen LogP) is 2.30. The van der Waals surface area contributed by atoms with Crippen LogP contribution in [0.15, 0.2) is 0 Å². The molecule has 1 saturated heterocycles. The van der Waals surface area contributed by atoms with Crippen molar-refractivity contribution in [2.45, 2.75) is 37.5 Å². The second kappa shape index (κ2) is 5.49. The van der Waals surface area contributed by atoms with Crippen molar-refractivity contribution in [2.75, 3.05) is 0 Å². The summed E-state index contributed by atoms with van der Waals surface area (Å²) in [5.74, 6) is 0. The summed E-state index contributed by atoms with van der Waals surface area (Å²) in [7, 11) is 0. The second-order valence-electron chi connectivity index (χ2n) is 2.96. The quantitative estimate of drug-likeness (QED) is 0.454. The lowest BCUT2D eigenvalue weighted by Crippen LogP contribution is -2.29. The van der Waals surface area contributed by atoms with Crippen molar-refractivity contribution in [1.29, 1.82) is 0 Å². The van der Waals surface area contributed by atoms with Crippen LogP contribution in [0.3, 0.4) is 0 Å². The first kappa shape index (κ1) is 10.9. The van der Waals surface area contributed by atoms with Gasteiger partial charge in [-0.3, -0.25) is 0 Å². The standard InChI is InChI=1S/C7H12BIO2S/c1-6-5-7(3-2-4-10)12-8(9)11-6/h4,6-7H,2-3,5H2,1H3. The van der Waals surface area contributed by atoms with Gasteiger partial charge in [0.05, 0.1) is 0 Å². The third-order valence-corrected chi connectivity index (χ3v) is 4.15. The molecule has 1 heterocycles. The Kier molecular flexibility index (Phi) is 4.97. The maximum Gasteiger partial charge on any atom is 0.435 e. The molecule has 0 bridgehead atoms. The molecule has 0 N–H and O–H groups in total. The molecule has 0 aromatic carbocycles. The lowest BCUT2D eigenvalue weighted by atomic mass is 10.1. The van der Waals surface area contributed by atoms with Crippen molar-refractivity contribution >= 4 is 44.3 Å². The van der Waals surface area contributed by atoms with Crippen LogP contribution in [-0.4, -0.2) is 21.7 Å². The topological polar surface area (TPSA) is 26.3 Å². The molecule has 2 unspecified atom stereocenters. The van der Waals surface area contributed by atoms with E-state index in [9.17, 15) is 4.79 Å². The van der Waals surface area contributed by atoms with Gasteiger partial charge in [0.1, 0.15) is 6.29 Å². The fourth-order valence-electron chi connectivity index (χ4n) is 1.29. The monoisotopic (exact) mass is 298 g/mol. The lowest BCUT2D eigenvalue weighted by molar-refractivity contribution is -0.107. The number of aldehydes is 1. The Labute approximate surface area is 91.1 Å². The van der Waals surface area contributed by atoms with Gasteiger partial charge in [-0.25, -0.2) is 0 Å². The first-order valence-electron chi connectivity index (χ1n) is 4.11. The van der Waals surface area contributed by atoms with Crippen LogP contribution < -0.4 is 0 Å². The van der Waals surface area contributed by atoms with E-state index in [0.717, 1.165) is 19.1 Å². The summed E-state index contributed by atoms with van der Waals surface area (Å²) in [6, 6.07) is 0. The molecule has 0 saturated carbocycles. The third-order valence-electron chi connectivity index (χ3n) is 1.84. The Morgan fingerprint density at radius 1 is 1.83 bits per heavy atom. The van der Waals surface area contributed by atoms with Gasteiger partial charge in [-0.2, -0.15) is 11.6 Å². The Bertz CT molecular complexity index is 148. The minimum atomic E-state index is 0.267. The average molecular weight is 298 g/mol. The lowest BCUT2D eigenvalue weighted by Gasteiger charge is -2.28. The molecule has 5 heteroatoms. The van der Waals surface area contributed by atoms with Crippen LogP contribution in [0.5, 0.6) is 0 Å². The molecule has 12 heavy (non-hydrogen) atoms. The Balaban J connectivity index is 2.28. The second-order valence-corrected chi connectivity index (χ2v) is 6.30. The van der Waals surface area contributed by atoms with Gasteiger partial charge in [0.2, 0.25) is 0 Å². The van der Waals surface area contributed by atoms with E-state index >= 15 is 0 Å². The van der Waals surface area contributed by atoms with Crippen LogP contribution in [-0.2, 0) is 9.45 Å². The number of hydrogen-bond donors (Lipinski definition) is 0. The molecule has 0 amide bonds. The molecule has 0 aromatic heterocycles. The van der Waals surface area contributed by atoms with Gasteiger partial charge in [-0.1, -0.05) is 22.4 Å². The van der Waals surface area contributed by atoms with Gasteiger partial charge in [-0.15, -0.1) is 0 Å². The van der Waals surface area contributed by atoms with Gasteiger partial charge in [0, 0.05) is 17.8 Å². The molecule has 2 atom stereocenters. The Hall–Kier alpha value is 0.775. The van der Waals surface area contributed by atoms with E-state index in [1.165, 1.54) is 0 Å². The molecule has 1 rings (SSSR count). The Morgan fingerprint density at radius 2 is 2.58 bits per heavy atom. The van der Waals surface area contributed by atoms with Crippen LogP contribution in [0.25, 0.3) is 0 Å². The van der Waals surface area contributed by atoms with Crippen LogP contribution in [0, 0.1) is 0 Å². The summed E-state index contributed by atoms with van der Waals surface area (Å²) in [5.41, 5.74) is 0. The van der Waals surface area contributed by atoms with Crippen molar-refractivity contribution < 1.29 is 9.45 Å². The highest BCUT2D eigenvalue weighted by atomic mass is 127. The predicted molar refractivity (Wildman–Crippen MR) is 61.6 cm³/mol. The highest BCUT2D eigenvalue weighted by Crippen LogP contribution is 2.33. The number of hydrogen-bond acceptors (Lipinski definition) is 3. The number of halogens is 1. The molecule has 0 radical (unpaired) electrons. The molecule has 1 aliphatic heterocycles. The van der Waals surface area contributed by atoms with E-state index in [-0.39, 0.29) is 4.05 Å². The largest absolute Gasteiger partial charge is 0.435 e. The first-order valence-corrected chi connectivity index (χ1v) is 6.30. The molecular weight excluding hydrogens is 286 g/mol. The molecule has 2 nitrogen and oxygen atoms in total. The molecular formula is C7H12BIO2S. The van der Waals surface area contributed by atoms with Gasteiger partial charge >= 0.3 is 4.05 Å². The summed E-state index contributed by atoms with van der Waals surface area (Å²) >= 11 is 4.13. The zero-order valence-corrected chi connectivity index (χ0v) is 10.0. The molecule has 0 spiro atoms. The van der Waals surface area contributed by atoms with Crippen molar-refractivity contribution in [3.05, 3.63) is 0 Å². The fraction of sp³-hybridized carbons (Fsp3) is 0.857. The summed E-state index contributed by atoms with van der Waals surface area (Å²) in [6.45, 7) is 2.10. The van der Waals surface area contributed by atoms with E-state index in [0.29, 0.717) is 17.8 Å². The fourth-order valence-corrected chi connectivity index (χ4v) is 4.24. The maximum atomic E-state index is 10.2. The molecule has 0 aromatic rings. The van der Waals surface area contributed by atoms with Crippen molar-refractivity contribution in [2.24, 2.45) is 0 Å². The zero-order valence-electron chi connectivity index (χ0n) is 7.03.